The highest BCUT2D eigenvalue weighted by atomic mass is 16.7. The largest absolute Gasteiger partial charge is 0.507 e. The summed E-state index contributed by atoms with van der Waals surface area (Å²) in [6.45, 7) is 17.6. The Morgan fingerprint density at radius 2 is 1.61 bits per heavy atom. The number of hydrogen-bond donors (Lipinski definition) is 5. The number of carbonyl (C=O) groups is 4. The minimum atomic E-state index is -2.03. The van der Waals surface area contributed by atoms with Crippen molar-refractivity contribution < 1.29 is 63.3 Å². The zero-order chi connectivity index (χ0) is 44.5. The van der Waals surface area contributed by atoms with E-state index in [9.17, 15) is 39.6 Å². The minimum absolute atomic E-state index is 0.0638. The zero-order valence-corrected chi connectivity index (χ0v) is 36.2. The highest BCUT2D eigenvalue weighted by molar-refractivity contribution is 6.21. The molecule has 59 heavy (non-hydrogen) atoms. The summed E-state index contributed by atoms with van der Waals surface area (Å²) in [5, 5.41) is 48.4. The molecule has 0 radical (unpaired) electrons. The number of Topliss-reactive ketones (excluding diaryl/α,β-unsaturated/α-hetero) is 1. The van der Waals surface area contributed by atoms with Crippen LogP contribution in [-0.4, -0.2) is 105 Å². The van der Waals surface area contributed by atoms with Crippen LogP contribution in [0.2, 0.25) is 0 Å². The molecule has 0 aliphatic carbocycles. The van der Waals surface area contributed by atoms with Gasteiger partial charge in [-0.1, -0.05) is 45.9 Å². The van der Waals surface area contributed by atoms with Gasteiger partial charge in [-0.05, 0) is 40.7 Å². The van der Waals surface area contributed by atoms with Crippen molar-refractivity contribution in [2.24, 2.45) is 23.7 Å². The molecule has 0 saturated heterocycles. The van der Waals surface area contributed by atoms with E-state index in [4.69, 9.17) is 23.7 Å². The van der Waals surface area contributed by atoms with Crippen molar-refractivity contribution in [3.63, 3.8) is 0 Å². The summed E-state index contributed by atoms with van der Waals surface area (Å²) in [6.07, 6.45) is 3.57. The normalized spacial score (nSPS) is 30.1. The summed E-state index contributed by atoms with van der Waals surface area (Å²) in [5.74, 6) is -8.13. The van der Waals surface area contributed by atoms with E-state index in [0.717, 1.165) is 0 Å². The number of anilines is 1. The molecule has 3 aliphatic rings. The second-order valence-corrected chi connectivity index (χ2v) is 16.8. The van der Waals surface area contributed by atoms with E-state index in [1.807, 2.05) is 20.8 Å². The van der Waals surface area contributed by atoms with E-state index in [0.29, 0.717) is 0 Å². The van der Waals surface area contributed by atoms with Gasteiger partial charge in [-0.25, -0.2) is 0 Å². The van der Waals surface area contributed by atoms with Crippen LogP contribution in [0.25, 0.3) is 10.8 Å². The number of phenols is 2. The fourth-order valence-electron chi connectivity index (χ4n) is 7.36. The SMILES string of the molecule is CO[C@H]1/C=C/O[C@@]2(C)Oc3c(C)c(O)c4c(O)c(cc(OCC(=O)N(C)C(C)(C)C)c4c3C2=O)NC(=O)/C(C)=C\C=C\[C@@H](C)[C@@H](O)[C@@H](C)[C@H](O)[C@@H](C)[C@H](OC(C)=O)[C@@H]1C. The van der Waals surface area contributed by atoms with Gasteiger partial charge in [0.15, 0.2) is 12.4 Å². The first-order chi connectivity index (χ1) is 27.4. The van der Waals surface area contributed by atoms with E-state index in [1.54, 1.807) is 46.9 Å². The first-order valence-corrected chi connectivity index (χ1v) is 19.6. The van der Waals surface area contributed by atoms with Gasteiger partial charge in [0.05, 0.1) is 41.2 Å². The number of methoxy groups -OCH3 is 1. The fourth-order valence-corrected chi connectivity index (χ4v) is 7.36. The Bertz CT molecular complexity index is 2050. The van der Waals surface area contributed by atoms with Gasteiger partial charge >= 0.3 is 11.8 Å². The molecule has 2 aromatic rings. The van der Waals surface area contributed by atoms with Crippen LogP contribution < -0.4 is 14.8 Å². The van der Waals surface area contributed by atoms with Crippen LogP contribution in [0.4, 0.5) is 5.69 Å². The van der Waals surface area contributed by atoms with Crippen molar-refractivity contribution in [2.45, 2.75) is 112 Å². The third kappa shape index (κ3) is 9.53. The summed E-state index contributed by atoms with van der Waals surface area (Å²) in [6, 6.07) is 1.26. The Hall–Kier alpha value is -5.12. The third-order valence-corrected chi connectivity index (χ3v) is 11.6. The number of rotatable bonds is 5. The first kappa shape index (κ1) is 46.6. The van der Waals surface area contributed by atoms with Crippen LogP contribution in [0.3, 0.4) is 0 Å². The third-order valence-electron chi connectivity index (χ3n) is 11.6. The average molecular weight is 825 g/mol. The lowest BCUT2D eigenvalue weighted by Gasteiger charge is -2.38. The van der Waals surface area contributed by atoms with Crippen molar-refractivity contribution in [3.8, 4) is 23.0 Å². The maximum absolute atomic E-state index is 14.5. The van der Waals surface area contributed by atoms with E-state index >= 15 is 0 Å². The van der Waals surface area contributed by atoms with E-state index in [2.05, 4.69) is 5.32 Å². The molecule has 5 rings (SSSR count). The van der Waals surface area contributed by atoms with Crippen molar-refractivity contribution in [1.29, 1.82) is 0 Å². The lowest BCUT2D eigenvalue weighted by atomic mass is 9.78. The van der Waals surface area contributed by atoms with Gasteiger partial charge < -0.3 is 54.3 Å². The summed E-state index contributed by atoms with van der Waals surface area (Å²) in [5.41, 5.74) is -0.596. The number of phenolic OH excluding ortho intramolecular Hbond substituents is 2. The molecule has 15 nitrogen and oxygen atoms in total. The van der Waals surface area contributed by atoms with Gasteiger partial charge in [0, 0.05) is 79.8 Å². The van der Waals surface area contributed by atoms with Gasteiger partial charge in [0.2, 0.25) is 0 Å². The number of amides is 2. The summed E-state index contributed by atoms with van der Waals surface area (Å²) in [4.78, 5) is 55.1. The van der Waals surface area contributed by atoms with E-state index in [1.165, 1.54) is 64.2 Å². The number of hydrogen-bond acceptors (Lipinski definition) is 13. The quantitative estimate of drug-likeness (QED) is 0.182. The van der Waals surface area contributed by atoms with Gasteiger partial charge in [-0.15, -0.1) is 0 Å². The van der Waals surface area contributed by atoms with Crippen LogP contribution in [0, 0.1) is 30.6 Å². The van der Waals surface area contributed by atoms with E-state index < -0.39 is 101 Å². The predicted molar refractivity (Wildman–Crippen MR) is 220 cm³/mol. The van der Waals surface area contributed by atoms with Crippen molar-refractivity contribution >= 4 is 40.0 Å². The molecule has 2 aromatic carbocycles. The number of fused-ring (bicyclic) bond motifs is 14. The molecule has 3 heterocycles. The number of aliphatic hydroxyl groups excluding tert-OH is 2. The standard InChI is InChI=1S/C44H60N2O13/c1-21-15-14-16-22(2)42(54)45-28-19-30(56-20-31(48)46(12)43(8,9)10)32-33(38(28)52)37(51)26(6)40-34(32)41(53)44(11,59-40)57-18-17-29(55-13)23(3)39(58-27(7)47)25(5)36(50)24(4)35(21)49/h14-19,21,23-25,29,35-36,39,49-52H,20H2,1-13H3,(H,45,54)/b15-14+,18-17+,22-16-/t21-,23-,24-,25-,29+,35-,36+,39-,44+/m1/s1. The molecule has 9 atom stereocenters. The molecule has 0 saturated carbocycles. The summed E-state index contributed by atoms with van der Waals surface area (Å²) < 4.78 is 29.7. The number of ketones is 1. The topological polar surface area (TPSA) is 211 Å². The zero-order valence-electron chi connectivity index (χ0n) is 36.2. The molecular formula is C44H60N2O13. The molecule has 3 aliphatic heterocycles. The van der Waals surface area contributed by atoms with E-state index in [-0.39, 0.29) is 44.7 Å². The number of allylic oxidation sites excluding steroid dienone is 2. The number of likely N-dealkylation sites (N-methyl/N-ethyl adjacent to an activating group) is 1. The number of carbonyl (C=O) groups excluding carboxylic acids is 4. The van der Waals surface area contributed by atoms with Crippen molar-refractivity contribution in [2.75, 3.05) is 26.1 Å². The lowest BCUT2D eigenvalue weighted by Crippen LogP contribution is -2.46. The van der Waals surface area contributed by atoms with Gasteiger partial charge in [-0.2, -0.15) is 0 Å². The molecule has 324 valence electrons. The predicted octanol–water partition coefficient (Wildman–Crippen LogP) is 5.68. The monoisotopic (exact) mass is 824 g/mol. The first-order valence-electron chi connectivity index (χ1n) is 19.6. The van der Waals surface area contributed by atoms with Crippen molar-refractivity contribution in [1.82, 2.24) is 4.90 Å². The second-order valence-electron chi connectivity index (χ2n) is 16.8. The van der Waals surface area contributed by atoms with Crippen molar-refractivity contribution in [3.05, 3.63) is 53.3 Å². The maximum Gasteiger partial charge on any atom is 0.312 e. The summed E-state index contributed by atoms with van der Waals surface area (Å²) in [7, 11) is 3.05. The highest BCUT2D eigenvalue weighted by Gasteiger charge is 2.50. The van der Waals surface area contributed by atoms with Crippen LogP contribution in [-0.2, 0) is 28.6 Å². The molecule has 0 fully saturated rings. The number of ether oxygens (including phenoxy) is 5. The molecule has 0 aromatic heterocycles. The summed E-state index contributed by atoms with van der Waals surface area (Å²) >= 11 is 0. The molecule has 0 spiro atoms. The minimum Gasteiger partial charge on any atom is -0.507 e. The molecule has 5 bridgehead atoms. The molecular weight excluding hydrogens is 764 g/mol. The Morgan fingerprint density at radius 3 is 2.20 bits per heavy atom. The maximum atomic E-state index is 14.5. The smallest absolute Gasteiger partial charge is 0.312 e. The van der Waals surface area contributed by atoms with Crippen LogP contribution in [0.15, 0.2) is 42.2 Å². The lowest BCUT2D eigenvalue weighted by molar-refractivity contribution is -0.160. The number of aromatic hydroxyl groups is 2. The van der Waals surface area contributed by atoms with Gasteiger partial charge in [0.25, 0.3) is 17.6 Å². The highest BCUT2D eigenvalue weighted by Crippen LogP contribution is 2.54. The fraction of sp³-hybridized carbons (Fsp3) is 0.545. The Morgan fingerprint density at radius 1 is 0.966 bits per heavy atom. The number of esters is 1. The number of nitrogens with zero attached hydrogens (tertiary/aromatic N) is 1. The van der Waals surface area contributed by atoms with Crippen LogP contribution in [0.5, 0.6) is 23.0 Å². The molecule has 15 heteroatoms. The number of aliphatic hydroxyl groups is 2. The second kappa shape index (κ2) is 18.0. The Balaban J connectivity index is 1.94. The van der Waals surface area contributed by atoms with Crippen LogP contribution >= 0.6 is 0 Å². The molecule has 2 amide bonds. The molecule has 0 unspecified atom stereocenters. The van der Waals surface area contributed by atoms with Gasteiger partial charge in [-0.3, -0.25) is 19.2 Å². The number of nitrogens with one attached hydrogen (secondary N) is 1. The Labute approximate surface area is 345 Å². The Kier molecular flexibility index (Phi) is 14.2. The van der Waals surface area contributed by atoms with Crippen LogP contribution in [0.1, 0.15) is 85.2 Å². The number of benzene rings is 2. The molecule has 5 N–H and O–H groups in total. The average Bonchev–Trinajstić information content (AvgIpc) is 3.44. The van der Waals surface area contributed by atoms with Gasteiger partial charge in [0.1, 0.15) is 23.4 Å².